The van der Waals surface area contributed by atoms with Crippen LogP contribution in [0.1, 0.15) is 56.1 Å². The van der Waals surface area contributed by atoms with Crippen LogP contribution in [0, 0.1) is 29.1 Å². The van der Waals surface area contributed by atoms with Gasteiger partial charge in [0.25, 0.3) is 0 Å². The van der Waals surface area contributed by atoms with E-state index in [2.05, 4.69) is 37.5 Å². The molecule has 0 unspecified atom stereocenters. The number of thioether (sulfide) groups is 1. The van der Waals surface area contributed by atoms with Crippen LogP contribution in [-0.2, 0) is 6.42 Å². The second kappa shape index (κ2) is 7.58. The van der Waals surface area contributed by atoms with E-state index in [4.69, 9.17) is 0 Å². The number of phenols is 1. The normalized spacial score (nSPS) is 36.9. The van der Waals surface area contributed by atoms with Crippen LogP contribution in [0.2, 0.25) is 0 Å². The molecule has 2 nitrogen and oxygen atoms in total. The maximum absolute atomic E-state index is 11.5. The number of hydrogen-bond acceptors (Lipinski definition) is 4. The SMILES string of the molecule is C[C@]12CC[C@@H]3c4ccc(O)cc4CC[C@H]3[C@@H]1CC[C@@]2(O)C#CCSCCS. The van der Waals surface area contributed by atoms with Gasteiger partial charge in [0.05, 0.1) is 5.75 Å². The van der Waals surface area contributed by atoms with Gasteiger partial charge >= 0.3 is 0 Å². The van der Waals surface area contributed by atoms with Crippen LogP contribution in [0.25, 0.3) is 0 Å². The topological polar surface area (TPSA) is 40.5 Å². The lowest BCUT2D eigenvalue weighted by Gasteiger charge is -2.52. The molecule has 0 bridgehead atoms. The van der Waals surface area contributed by atoms with Gasteiger partial charge in [-0.2, -0.15) is 12.6 Å². The summed E-state index contributed by atoms with van der Waals surface area (Å²) >= 11 is 6.03. The van der Waals surface area contributed by atoms with Gasteiger partial charge in [-0.1, -0.05) is 24.8 Å². The van der Waals surface area contributed by atoms with Gasteiger partial charge in [0.15, 0.2) is 0 Å². The van der Waals surface area contributed by atoms with Crippen LogP contribution >= 0.6 is 24.4 Å². The molecule has 2 N–H and O–H groups in total. The van der Waals surface area contributed by atoms with Crippen LogP contribution in [0.15, 0.2) is 18.2 Å². The number of aryl methyl sites for hydroxylation is 1. The van der Waals surface area contributed by atoms with Gasteiger partial charge in [-0.25, -0.2) is 0 Å². The average Bonchev–Trinajstić information content (AvgIpc) is 2.92. The Bertz CT molecular complexity index is 767. The van der Waals surface area contributed by atoms with E-state index >= 15 is 0 Å². The molecule has 0 saturated heterocycles. The first-order chi connectivity index (χ1) is 13.0. The fourth-order valence-electron chi connectivity index (χ4n) is 6.16. The lowest BCUT2D eigenvalue weighted by Crippen LogP contribution is -2.50. The molecule has 0 spiro atoms. The van der Waals surface area contributed by atoms with E-state index in [1.165, 1.54) is 17.5 Å². The maximum Gasteiger partial charge on any atom is 0.131 e. The summed E-state index contributed by atoms with van der Waals surface area (Å²) in [7, 11) is 0. The standard InChI is InChI=1S/C23H30O2S2/c1-22-10-7-19-18-6-4-17(24)15-16(18)3-5-20(19)21(22)8-11-23(22,25)9-2-13-27-14-12-26/h4,6,15,19-21,24-26H,3,5,7-8,10-14H2,1H3/t19-,20-,21+,22+,23+/m1/s1. The number of phenolic OH excluding ortho intramolecular Hbond substituents is 1. The molecular formula is C23H30O2S2. The number of benzene rings is 1. The molecule has 2 saturated carbocycles. The number of fused-ring (bicyclic) bond motifs is 5. The van der Waals surface area contributed by atoms with Crippen molar-refractivity contribution >= 4 is 24.4 Å². The summed E-state index contributed by atoms with van der Waals surface area (Å²) in [6, 6.07) is 5.94. The van der Waals surface area contributed by atoms with Gasteiger partial charge in [0, 0.05) is 11.2 Å². The summed E-state index contributed by atoms with van der Waals surface area (Å²) in [6.45, 7) is 2.29. The molecule has 0 aliphatic heterocycles. The number of aliphatic hydroxyl groups is 1. The summed E-state index contributed by atoms with van der Waals surface area (Å²) in [4.78, 5) is 0. The van der Waals surface area contributed by atoms with Crippen molar-refractivity contribution < 1.29 is 10.2 Å². The lowest BCUT2D eigenvalue weighted by molar-refractivity contribution is -0.0648. The van der Waals surface area contributed by atoms with E-state index in [0.29, 0.717) is 23.5 Å². The zero-order valence-corrected chi connectivity index (χ0v) is 17.8. The highest BCUT2D eigenvalue weighted by Gasteiger charge is 2.61. The van der Waals surface area contributed by atoms with Crippen LogP contribution in [-0.4, -0.2) is 33.1 Å². The summed E-state index contributed by atoms with van der Waals surface area (Å²) in [6.07, 6.45) is 6.26. The van der Waals surface area contributed by atoms with Gasteiger partial charge in [0.2, 0.25) is 0 Å². The Kier molecular flexibility index (Phi) is 5.49. The molecule has 5 atom stereocenters. The summed E-state index contributed by atoms with van der Waals surface area (Å²) in [5, 5.41) is 21.3. The van der Waals surface area contributed by atoms with Crippen molar-refractivity contribution in [3.63, 3.8) is 0 Å². The fourth-order valence-corrected chi connectivity index (χ4v) is 7.00. The first-order valence-electron chi connectivity index (χ1n) is 10.2. The minimum atomic E-state index is -0.834. The molecule has 1 aromatic rings. The molecule has 0 radical (unpaired) electrons. The quantitative estimate of drug-likeness (QED) is 0.392. The molecule has 4 heteroatoms. The van der Waals surface area contributed by atoms with Crippen molar-refractivity contribution in [2.45, 2.75) is 57.0 Å². The lowest BCUT2D eigenvalue weighted by atomic mass is 9.53. The highest BCUT2D eigenvalue weighted by atomic mass is 32.2. The monoisotopic (exact) mass is 402 g/mol. The summed E-state index contributed by atoms with van der Waals surface area (Å²) in [5.74, 6) is 11.4. The zero-order valence-electron chi connectivity index (χ0n) is 16.1. The van der Waals surface area contributed by atoms with E-state index in [0.717, 1.165) is 49.4 Å². The molecule has 1 aromatic carbocycles. The van der Waals surface area contributed by atoms with E-state index in [1.54, 1.807) is 11.8 Å². The smallest absolute Gasteiger partial charge is 0.131 e. The first-order valence-corrected chi connectivity index (χ1v) is 12.0. The number of rotatable bonds is 3. The van der Waals surface area contributed by atoms with Crippen molar-refractivity contribution in [2.75, 3.05) is 17.3 Å². The van der Waals surface area contributed by atoms with Crippen LogP contribution in [0.5, 0.6) is 5.75 Å². The van der Waals surface area contributed by atoms with E-state index in [1.807, 2.05) is 12.1 Å². The Morgan fingerprint density at radius 1 is 1.26 bits per heavy atom. The van der Waals surface area contributed by atoms with E-state index in [9.17, 15) is 10.2 Å². The number of hydrogen-bond donors (Lipinski definition) is 3. The Balaban J connectivity index is 1.55. The van der Waals surface area contributed by atoms with E-state index < -0.39 is 5.60 Å². The summed E-state index contributed by atoms with van der Waals surface area (Å²) < 4.78 is 0. The highest BCUT2D eigenvalue weighted by molar-refractivity contribution is 8.00. The van der Waals surface area contributed by atoms with Gasteiger partial charge in [-0.15, -0.1) is 11.8 Å². The highest BCUT2D eigenvalue weighted by Crippen LogP contribution is 2.64. The molecule has 0 heterocycles. The van der Waals surface area contributed by atoms with Crippen LogP contribution in [0.3, 0.4) is 0 Å². The van der Waals surface area contributed by atoms with Crippen molar-refractivity contribution in [1.82, 2.24) is 0 Å². The van der Waals surface area contributed by atoms with Crippen molar-refractivity contribution in [2.24, 2.45) is 17.3 Å². The van der Waals surface area contributed by atoms with Crippen LogP contribution in [0.4, 0.5) is 0 Å². The zero-order chi connectivity index (χ0) is 19.1. The predicted molar refractivity (Wildman–Crippen MR) is 117 cm³/mol. The largest absolute Gasteiger partial charge is 0.508 e. The molecule has 3 aliphatic rings. The molecule has 27 heavy (non-hydrogen) atoms. The first kappa shape index (κ1) is 19.6. The predicted octanol–water partition coefficient (Wildman–Crippen LogP) is 4.65. The maximum atomic E-state index is 11.5. The average molecular weight is 403 g/mol. The summed E-state index contributed by atoms with van der Waals surface area (Å²) in [5.41, 5.74) is 1.84. The number of thiol groups is 1. The minimum absolute atomic E-state index is 0.0935. The Labute approximate surface area is 172 Å². The second-order valence-electron chi connectivity index (χ2n) is 8.73. The Hall–Kier alpha value is -0.760. The molecule has 4 rings (SSSR count). The second-order valence-corrected chi connectivity index (χ2v) is 10.3. The molecular weight excluding hydrogens is 372 g/mol. The van der Waals surface area contributed by atoms with Crippen molar-refractivity contribution in [3.8, 4) is 17.6 Å². The van der Waals surface area contributed by atoms with Gasteiger partial charge < -0.3 is 10.2 Å². The molecule has 3 aliphatic carbocycles. The van der Waals surface area contributed by atoms with E-state index in [-0.39, 0.29) is 5.41 Å². The number of aromatic hydroxyl groups is 1. The Morgan fingerprint density at radius 2 is 2.11 bits per heavy atom. The fraction of sp³-hybridized carbons (Fsp3) is 0.652. The molecule has 0 amide bonds. The van der Waals surface area contributed by atoms with Crippen molar-refractivity contribution in [1.29, 1.82) is 0 Å². The minimum Gasteiger partial charge on any atom is -0.508 e. The third-order valence-corrected chi connectivity index (χ3v) is 8.93. The third kappa shape index (κ3) is 3.30. The molecule has 146 valence electrons. The van der Waals surface area contributed by atoms with Gasteiger partial charge in [0.1, 0.15) is 11.4 Å². The third-order valence-electron chi connectivity index (χ3n) is 7.57. The van der Waals surface area contributed by atoms with Crippen LogP contribution < -0.4 is 0 Å². The van der Waals surface area contributed by atoms with Gasteiger partial charge in [-0.3, -0.25) is 0 Å². The Morgan fingerprint density at radius 3 is 2.93 bits per heavy atom. The molecule has 2 fully saturated rings. The van der Waals surface area contributed by atoms with Gasteiger partial charge in [-0.05, 0) is 85.3 Å². The molecule has 0 aromatic heterocycles. The van der Waals surface area contributed by atoms with Crippen molar-refractivity contribution in [3.05, 3.63) is 29.3 Å².